The average molecular weight is 437 g/mol. The maximum atomic E-state index is 12.9. The molecule has 0 saturated carbocycles. The number of carbonyl (C=O) groups excluding carboxylic acids is 2. The number of aryl methyl sites for hydroxylation is 1. The summed E-state index contributed by atoms with van der Waals surface area (Å²) in [6.45, 7) is 6.11. The summed E-state index contributed by atoms with van der Waals surface area (Å²) in [5, 5.41) is 14.8. The molecule has 0 bridgehead atoms. The van der Waals surface area contributed by atoms with E-state index in [2.05, 4.69) is 15.6 Å². The second kappa shape index (κ2) is 8.37. The number of hydrogen-bond acceptors (Lipinski definition) is 3. The highest BCUT2D eigenvalue weighted by molar-refractivity contribution is 5.90. The van der Waals surface area contributed by atoms with Crippen molar-refractivity contribution < 1.29 is 27.9 Å². The number of halogens is 3. The van der Waals surface area contributed by atoms with E-state index in [1.165, 1.54) is 12.1 Å². The second-order valence-electron chi connectivity index (χ2n) is 8.77. The van der Waals surface area contributed by atoms with Crippen molar-refractivity contribution in [1.29, 1.82) is 0 Å². The van der Waals surface area contributed by atoms with E-state index in [1.807, 2.05) is 26.8 Å². The number of β-amino-alcohol motifs (C(OH)–C–C–N with tert-alkyl or cyclic N) is 1. The van der Waals surface area contributed by atoms with Crippen molar-refractivity contribution in [2.45, 2.75) is 57.3 Å². The summed E-state index contributed by atoms with van der Waals surface area (Å²) >= 11 is 0. The third-order valence-electron chi connectivity index (χ3n) is 5.30. The van der Waals surface area contributed by atoms with Crippen LogP contribution in [0.5, 0.6) is 0 Å². The van der Waals surface area contributed by atoms with Crippen LogP contribution in [0.1, 0.15) is 44.0 Å². The maximum absolute atomic E-state index is 12.9. The average Bonchev–Trinajstić information content (AvgIpc) is 3.24. The zero-order valence-electron chi connectivity index (χ0n) is 17.6. The number of aliphatic hydroxyl groups excluding tert-OH is 1. The maximum Gasteiger partial charge on any atom is 0.416 e. The van der Waals surface area contributed by atoms with E-state index in [9.17, 15) is 27.9 Å². The van der Waals surface area contributed by atoms with Gasteiger partial charge in [-0.3, -0.25) is 9.59 Å². The fraction of sp³-hybridized carbons (Fsp3) is 0.455. The third kappa shape index (κ3) is 5.28. The molecule has 0 radical (unpaired) electrons. The lowest BCUT2D eigenvalue weighted by molar-refractivity contribution is -0.137. The standard InChI is InChI=1S/C22H26F3N3O3/c1-21(2,3)16-10-13(6-9-17(30)28-19-15(29)11-26-20(19)31)18(27-16)12-4-7-14(8-5-12)22(23,24)25/h4-5,7-8,10,15,19,27,29H,6,9,11H2,1-3H3,(H,26,31)(H,28,30)/t15-,19+/m1/s1. The molecule has 168 valence electrons. The zero-order valence-corrected chi connectivity index (χ0v) is 17.6. The number of benzene rings is 1. The number of aromatic nitrogens is 1. The monoisotopic (exact) mass is 437 g/mol. The van der Waals surface area contributed by atoms with E-state index < -0.39 is 35.7 Å². The summed E-state index contributed by atoms with van der Waals surface area (Å²) in [6.07, 6.45) is -5.01. The van der Waals surface area contributed by atoms with E-state index >= 15 is 0 Å². The highest BCUT2D eigenvalue weighted by Crippen LogP contribution is 2.34. The molecule has 3 rings (SSSR count). The molecule has 31 heavy (non-hydrogen) atoms. The summed E-state index contributed by atoms with van der Waals surface area (Å²) in [5.74, 6) is -0.819. The molecule has 4 N–H and O–H groups in total. The van der Waals surface area contributed by atoms with Gasteiger partial charge in [0.1, 0.15) is 12.1 Å². The van der Waals surface area contributed by atoms with Gasteiger partial charge in [0, 0.05) is 29.8 Å². The number of amides is 2. The molecule has 1 aliphatic heterocycles. The zero-order chi connectivity index (χ0) is 23.0. The van der Waals surface area contributed by atoms with Gasteiger partial charge < -0.3 is 20.7 Å². The van der Waals surface area contributed by atoms with Gasteiger partial charge in [0.25, 0.3) is 0 Å². The lowest BCUT2D eigenvalue weighted by Gasteiger charge is -2.16. The van der Waals surface area contributed by atoms with Gasteiger partial charge in [-0.2, -0.15) is 13.2 Å². The molecule has 0 unspecified atom stereocenters. The van der Waals surface area contributed by atoms with Gasteiger partial charge in [0.2, 0.25) is 11.8 Å². The van der Waals surface area contributed by atoms with Crippen LogP contribution in [0.3, 0.4) is 0 Å². The Hall–Kier alpha value is -2.81. The van der Waals surface area contributed by atoms with Crippen molar-refractivity contribution in [3.63, 3.8) is 0 Å². The largest absolute Gasteiger partial charge is 0.416 e. The predicted octanol–water partition coefficient (Wildman–Crippen LogP) is 2.91. The van der Waals surface area contributed by atoms with Crippen molar-refractivity contribution in [1.82, 2.24) is 15.6 Å². The molecular formula is C22H26F3N3O3. The molecule has 2 atom stereocenters. The molecule has 2 aromatic rings. The van der Waals surface area contributed by atoms with Crippen molar-refractivity contribution >= 4 is 11.8 Å². The van der Waals surface area contributed by atoms with E-state index in [-0.39, 0.29) is 18.4 Å². The fourth-order valence-corrected chi connectivity index (χ4v) is 3.45. The number of aromatic amines is 1. The lowest BCUT2D eigenvalue weighted by Crippen LogP contribution is -2.45. The van der Waals surface area contributed by atoms with Crippen LogP contribution in [0.15, 0.2) is 30.3 Å². The number of alkyl halides is 3. The first kappa shape index (κ1) is 22.9. The molecular weight excluding hydrogens is 411 g/mol. The van der Waals surface area contributed by atoms with Gasteiger partial charge in [-0.05, 0) is 35.7 Å². The van der Waals surface area contributed by atoms with Crippen molar-refractivity contribution in [2.75, 3.05) is 6.54 Å². The topological polar surface area (TPSA) is 94.2 Å². The fourth-order valence-electron chi connectivity index (χ4n) is 3.45. The quantitative estimate of drug-likeness (QED) is 0.580. The van der Waals surface area contributed by atoms with Crippen LogP contribution >= 0.6 is 0 Å². The van der Waals surface area contributed by atoms with Crippen molar-refractivity contribution in [2.24, 2.45) is 0 Å². The number of aliphatic hydroxyl groups is 1. The molecule has 1 fully saturated rings. The van der Waals surface area contributed by atoms with E-state index in [4.69, 9.17) is 0 Å². The highest BCUT2D eigenvalue weighted by Gasteiger charge is 2.34. The molecule has 1 aromatic carbocycles. The van der Waals surface area contributed by atoms with Gasteiger partial charge in [0.05, 0.1) is 5.56 Å². The van der Waals surface area contributed by atoms with E-state index in [0.717, 1.165) is 23.4 Å². The first-order chi connectivity index (χ1) is 14.4. The summed E-state index contributed by atoms with van der Waals surface area (Å²) in [4.78, 5) is 27.3. The van der Waals surface area contributed by atoms with Gasteiger partial charge in [0.15, 0.2) is 0 Å². The van der Waals surface area contributed by atoms with Gasteiger partial charge in [-0.15, -0.1) is 0 Å². The van der Waals surface area contributed by atoms with Crippen molar-refractivity contribution in [3.8, 4) is 11.3 Å². The molecule has 1 aliphatic rings. The Morgan fingerprint density at radius 1 is 1.19 bits per heavy atom. The SMILES string of the molecule is CC(C)(C)c1cc(CCC(=O)N[C@@H]2C(=O)NC[C@H]2O)c(-c2ccc(C(F)(F)F)cc2)[nH]1. The summed E-state index contributed by atoms with van der Waals surface area (Å²) in [7, 11) is 0. The molecule has 9 heteroatoms. The molecule has 0 spiro atoms. The second-order valence-corrected chi connectivity index (χ2v) is 8.77. The van der Waals surface area contributed by atoms with Gasteiger partial charge >= 0.3 is 6.18 Å². The smallest absolute Gasteiger partial charge is 0.389 e. The number of nitrogens with one attached hydrogen (secondary N) is 3. The minimum Gasteiger partial charge on any atom is -0.389 e. The molecule has 6 nitrogen and oxygen atoms in total. The van der Waals surface area contributed by atoms with Crippen LogP contribution in [-0.2, 0) is 27.6 Å². The normalized spacial score (nSPS) is 19.4. The minimum absolute atomic E-state index is 0.0611. The molecule has 1 saturated heterocycles. The van der Waals surface area contributed by atoms with Gasteiger partial charge in [-0.1, -0.05) is 32.9 Å². The summed E-state index contributed by atoms with van der Waals surface area (Å²) < 4.78 is 38.7. The van der Waals surface area contributed by atoms with Crippen LogP contribution in [0.25, 0.3) is 11.3 Å². The molecule has 0 aliphatic carbocycles. The summed E-state index contributed by atoms with van der Waals surface area (Å²) in [6, 6.07) is 5.82. The first-order valence-electron chi connectivity index (χ1n) is 10.0. The Kier molecular flexibility index (Phi) is 6.18. The minimum atomic E-state index is -4.41. The molecule has 2 heterocycles. The number of hydrogen-bond donors (Lipinski definition) is 4. The van der Waals surface area contributed by atoms with Crippen LogP contribution in [-0.4, -0.2) is 40.6 Å². The Morgan fingerprint density at radius 3 is 2.35 bits per heavy atom. The Labute approximate surface area is 178 Å². The van der Waals surface area contributed by atoms with Crippen molar-refractivity contribution in [3.05, 3.63) is 47.2 Å². The predicted molar refractivity (Wildman–Crippen MR) is 109 cm³/mol. The lowest BCUT2D eigenvalue weighted by atomic mass is 9.92. The highest BCUT2D eigenvalue weighted by atomic mass is 19.4. The number of rotatable bonds is 5. The molecule has 2 amide bonds. The van der Waals surface area contributed by atoms with Crippen LogP contribution in [0.2, 0.25) is 0 Å². The van der Waals surface area contributed by atoms with E-state index in [1.54, 1.807) is 0 Å². The van der Waals surface area contributed by atoms with Crippen LogP contribution in [0, 0.1) is 0 Å². The first-order valence-corrected chi connectivity index (χ1v) is 10.0. The number of carbonyl (C=O) groups is 2. The van der Waals surface area contributed by atoms with Gasteiger partial charge in [-0.25, -0.2) is 0 Å². The Balaban J connectivity index is 1.80. The van der Waals surface area contributed by atoms with Crippen LogP contribution < -0.4 is 10.6 Å². The third-order valence-corrected chi connectivity index (χ3v) is 5.30. The van der Waals surface area contributed by atoms with Crippen LogP contribution in [0.4, 0.5) is 13.2 Å². The summed E-state index contributed by atoms with van der Waals surface area (Å²) in [5.41, 5.74) is 1.97. The Bertz CT molecular complexity index is 959. The number of H-pyrrole nitrogens is 1. The molecule has 1 aromatic heterocycles. The van der Waals surface area contributed by atoms with E-state index in [0.29, 0.717) is 17.7 Å². The Morgan fingerprint density at radius 2 is 1.84 bits per heavy atom.